The highest BCUT2D eigenvalue weighted by Crippen LogP contribution is 2.28. The quantitative estimate of drug-likeness (QED) is 0.627. The number of aromatic nitrogens is 2. The predicted molar refractivity (Wildman–Crippen MR) is 121 cm³/mol. The highest BCUT2D eigenvalue weighted by Gasteiger charge is 2.30. The van der Waals surface area contributed by atoms with Crippen LogP contribution in [0.2, 0.25) is 0 Å². The summed E-state index contributed by atoms with van der Waals surface area (Å²) in [6.45, 7) is 9.58. The molecule has 0 saturated carbocycles. The molecule has 1 saturated heterocycles. The van der Waals surface area contributed by atoms with Crippen molar-refractivity contribution in [2.24, 2.45) is 5.92 Å². The van der Waals surface area contributed by atoms with Crippen molar-refractivity contribution in [1.82, 2.24) is 19.4 Å². The topological polar surface area (TPSA) is 50.6 Å². The van der Waals surface area contributed by atoms with Crippen LogP contribution < -0.4 is 5.56 Å². The predicted octanol–water partition coefficient (Wildman–Crippen LogP) is 3.53. The van der Waals surface area contributed by atoms with Crippen molar-refractivity contribution in [1.29, 1.82) is 0 Å². The highest BCUT2D eigenvalue weighted by molar-refractivity contribution is 9.10. The molecular weight excluding hydrogens is 432 g/mol. The summed E-state index contributed by atoms with van der Waals surface area (Å²) in [5, 5.41) is 0.674. The van der Waals surface area contributed by atoms with Crippen molar-refractivity contribution in [3.05, 3.63) is 38.9 Å². The zero-order chi connectivity index (χ0) is 21.0. The molecule has 6 nitrogen and oxygen atoms in total. The molecule has 2 aromatic rings. The second-order valence-electron chi connectivity index (χ2n) is 8.06. The first kappa shape index (κ1) is 22.4. The molecule has 7 heteroatoms. The van der Waals surface area contributed by atoms with E-state index in [2.05, 4.69) is 39.7 Å². The fourth-order valence-electron chi connectivity index (χ4n) is 4.45. The van der Waals surface area contributed by atoms with Crippen LogP contribution in [0.1, 0.15) is 38.6 Å². The van der Waals surface area contributed by atoms with Gasteiger partial charge in [-0.25, -0.2) is 4.98 Å². The van der Waals surface area contributed by atoms with Gasteiger partial charge in [0.15, 0.2) is 0 Å². The molecule has 0 N–H and O–H groups in total. The second-order valence-corrected chi connectivity index (χ2v) is 8.98. The van der Waals surface area contributed by atoms with Gasteiger partial charge >= 0.3 is 0 Å². The number of ether oxygens (including phenoxy) is 1. The van der Waals surface area contributed by atoms with E-state index < -0.39 is 0 Å². The maximum Gasteiger partial charge on any atom is 0.261 e. The van der Waals surface area contributed by atoms with Gasteiger partial charge in [-0.05, 0) is 38.6 Å². The molecule has 2 atom stereocenters. The van der Waals surface area contributed by atoms with Crippen molar-refractivity contribution in [3.63, 3.8) is 0 Å². The average Bonchev–Trinajstić information content (AvgIpc) is 2.88. The third-order valence-corrected chi connectivity index (χ3v) is 6.29. The minimum absolute atomic E-state index is 0.0512. The molecular formula is C22H33BrN4O2. The normalized spacial score (nSPS) is 20.1. The zero-order valence-electron chi connectivity index (χ0n) is 18.0. The number of rotatable bonds is 7. The Bertz CT molecular complexity index is 885. The van der Waals surface area contributed by atoms with Crippen molar-refractivity contribution in [3.8, 4) is 0 Å². The largest absolute Gasteiger partial charge is 0.384 e. The van der Waals surface area contributed by atoms with Crippen LogP contribution in [0, 0.1) is 5.92 Å². The van der Waals surface area contributed by atoms with Crippen molar-refractivity contribution < 1.29 is 4.74 Å². The average molecular weight is 465 g/mol. The number of hydrogen-bond donors (Lipinski definition) is 0. The van der Waals surface area contributed by atoms with Gasteiger partial charge in [0.25, 0.3) is 5.56 Å². The van der Waals surface area contributed by atoms with E-state index in [-0.39, 0.29) is 11.6 Å². The maximum atomic E-state index is 13.3. The van der Waals surface area contributed by atoms with E-state index in [0.29, 0.717) is 17.8 Å². The second kappa shape index (κ2) is 10.2. The van der Waals surface area contributed by atoms with Crippen LogP contribution in [0.3, 0.4) is 0 Å². The Hall–Kier alpha value is -1.28. The first-order valence-corrected chi connectivity index (χ1v) is 11.4. The van der Waals surface area contributed by atoms with Crippen LogP contribution in [0.15, 0.2) is 27.5 Å². The zero-order valence-corrected chi connectivity index (χ0v) is 19.6. The number of halogens is 1. The van der Waals surface area contributed by atoms with E-state index in [4.69, 9.17) is 9.72 Å². The fraction of sp³-hybridized carbons (Fsp3) is 0.636. The van der Waals surface area contributed by atoms with Crippen LogP contribution >= 0.6 is 15.9 Å². The van der Waals surface area contributed by atoms with Gasteiger partial charge in [0.1, 0.15) is 5.82 Å². The molecule has 0 amide bonds. The summed E-state index contributed by atoms with van der Waals surface area (Å²) in [4.78, 5) is 23.2. The lowest BCUT2D eigenvalue weighted by Gasteiger charge is -2.33. The van der Waals surface area contributed by atoms with Crippen LogP contribution in [-0.4, -0.2) is 66.3 Å². The third kappa shape index (κ3) is 5.08. The van der Waals surface area contributed by atoms with E-state index in [0.717, 1.165) is 61.4 Å². The summed E-state index contributed by atoms with van der Waals surface area (Å²) >= 11 is 3.48. The number of likely N-dealkylation sites (N-methyl/N-ethyl adjacent to an activating group) is 1. The molecule has 1 aliphatic heterocycles. The lowest BCUT2D eigenvalue weighted by Crippen LogP contribution is -2.39. The standard InChI is InChI=1S/C22H33BrN4O2/c1-5-7-20(26-11-10-25(3)13-16(14-26)15-29-4)21-24-19-9-8-17(23)12-18(19)22(28)27(21)6-2/h8-9,12,16,20H,5-7,10-11,13-15H2,1-4H3/t16-,20-/m0/s1. The summed E-state index contributed by atoms with van der Waals surface area (Å²) in [5.41, 5.74) is 0.828. The fourth-order valence-corrected chi connectivity index (χ4v) is 4.82. The number of benzene rings is 1. The van der Waals surface area contributed by atoms with Gasteiger partial charge in [0.05, 0.1) is 23.6 Å². The number of methoxy groups -OCH3 is 1. The van der Waals surface area contributed by atoms with Crippen molar-refractivity contribution >= 4 is 26.8 Å². The van der Waals surface area contributed by atoms with Gasteiger partial charge < -0.3 is 9.64 Å². The van der Waals surface area contributed by atoms with Gasteiger partial charge in [0.2, 0.25) is 0 Å². The van der Waals surface area contributed by atoms with Crippen LogP contribution in [0.4, 0.5) is 0 Å². The monoisotopic (exact) mass is 464 g/mol. The molecule has 0 aliphatic carbocycles. The summed E-state index contributed by atoms with van der Waals surface area (Å²) < 4.78 is 8.26. The van der Waals surface area contributed by atoms with Crippen LogP contribution in [0.25, 0.3) is 10.9 Å². The summed E-state index contributed by atoms with van der Waals surface area (Å²) in [6.07, 6.45) is 2.03. The Labute approximate surface area is 182 Å². The first-order valence-electron chi connectivity index (χ1n) is 10.6. The molecule has 0 unspecified atom stereocenters. The minimum Gasteiger partial charge on any atom is -0.384 e. The SMILES string of the molecule is CCC[C@@H](c1nc2ccc(Br)cc2c(=O)n1CC)N1CCN(C)C[C@H](COC)C1. The lowest BCUT2D eigenvalue weighted by atomic mass is 10.0. The summed E-state index contributed by atoms with van der Waals surface area (Å²) in [7, 11) is 3.95. The number of nitrogens with zero attached hydrogens (tertiary/aromatic N) is 4. The van der Waals surface area contributed by atoms with E-state index in [9.17, 15) is 4.79 Å². The molecule has 0 radical (unpaired) electrons. The summed E-state index contributed by atoms with van der Waals surface area (Å²) in [5.74, 6) is 1.35. The van der Waals surface area contributed by atoms with Crippen LogP contribution in [-0.2, 0) is 11.3 Å². The Balaban J connectivity index is 2.07. The van der Waals surface area contributed by atoms with Gasteiger partial charge in [-0.1, -0.05) is 29.3 Å². The molecule has 0 bridgehead atoms. The molecule has 0 spiro atoms. The van der Waals surface area contributed by atoms with E-state index >= 15 is 0 Å². The molecule has 1 aromatic heterocycles. The molecule has 1 aliphatic rings. The molecule has 1 aromatic carbocycles. The van der Waals surface area contributed by atoms with E-state index in [1.807, 2.05) is 29.7 Å². The van der Waals surface area contributed by atoms with Gasteiger partial charge in [-0.15, -0.1) is 0 Å². The molecule has 29 heavy (non-hydrogen) atoms. The molecule has 1 fully saturated rings. The van der Waals surface area contributed by atoms with Crippen molar-refractivity contribution in [2.45, 2.75) is 39.3 Å². The number of fused-ring (bicyclic) bond motifs is 1. The smallest absolute Gasteiger partial charge is 0.261 e. The molecule has 160 valence electrons. The highest BCUT2D eigenvalue weighted by atomic mass is 79.9. The lowest BCUT2D eigenvalue weighted by molar-refractivity contribution is 0.105. The molecule has 2 heterocycles. The van der Waals surface area contributed by atoms with Gasteiger partial charge in [0, 0.05) is 50.2 Å². The van der Waals surface area contributed by atoms with Gasteiger partial charge in [-0.2, -0.15) is 0 Å². The van der Waals surface area contributed by atoms with Crippen LogP contribution in [0.5, 0.6) is 0 Å². The number of hydrogen-bond acceptors (Lipinski definition) is 5. The minimum atomic E-state index is 0.0512. The Morgan fingerprint density at radius 2 is 2.07 bits per heavy atom. The first-order chi connectivity index (χ1) is 14.0. The summed E-state index contributed by atoms with van der Waals surface area (Å²) in [6, 6.07) is 5.91. The Kier molecular flexibility index (Phi) is 7.85. The van der Waals surface area contributed by atoms with Gasteiger partial charge in [-0.3, -0.25) is 14.3 Å². The Morgan fingerprint density at radius 3 is 2.76 bits per heavy atom. The maximum absolute atomic E-state index is 13.3. The van der Waals surface area contributed by atoms with E-state index in [1.165, 1.54) is 0 Å². The van der Waals surface area contributed by atoms with Crippen molar-refractivity contribution in [2.75, 3.05) is 46.9 Å². The Morgan fingerprint density at radius 1 is 1.28 bits per heavy atom. The van der Waals surface area contributed by atoms with E-state index in [1.54, 1.807) is 7.11 Å². The molecule has 3 rings (SSSR count). The third-order valence-electron chi connectivity index (χ3n) is 5.80.